The summed E-state index contributed by atoms with van der Waals surface area (Å²) in [6.07, 6.45) is 4.70. The van der Waals surface area contributed by atoms with Crippen molar-refractivity contribution in [1.82, 2.24) is 9.29 Å². The Morgan fingerprint density at radius 1 is 1.15 bits per heavy atom. The highest BCUT2D eigenvalue weighted by Crippen LogP contribution is 2.34. The van der Waals surface area contributed by atoms with Crippen LogP contribution in [-0.4, -0.2) is 25.3 Å². The Morgan fingerprint density at radius 3 is 2.67 bits per heavy atom. The van der Waals surface area contributed by atoms with E-state index in [9.17, 15) is 17.6 Å². The molecule has 7 heteroatoms. The molecule has 4 rings (SSSR count). The van der Waals surface area contributed by atoms with Gasteiger partial charge in [-0.05, 0) is 68.0 Å². The Hall–Kier alpha value is -2.77. The lowest BCUT2D eigenvalue weighted by Gasteiger charge is -2.33. The molecule has 0 saturated carbocycles. The lowest BCUT2D eigenvalue weighted by molar-refractivity contribution is 0.424. The van der Waals surface area contributed by atoms with Gasteiger partial charge in [-0.25, -0.2) is 17.5 Å². The van der Waals surface area contributed by atoms with Crippen LogP contribution in [0, 0.1) is 12.7 Å². The van der Waals surface area contributed by atoms with Gasteiger partial charge in [0, 0.05) is 35.8 Å². The van der Waals surface area contributed by atoms with Gasteiger partial charge in [0.15, 0.2) is 0 Å². The standard InChI is InChI=1S/C26H29FN2O3S/c1-4-29-13-12-19-9-11-24(28-33(3,31)32)22(25(19)26(29)30)16-18-6-5-7-20(15-18)21-14-17(2)8-10-23(21)27/h5-8,10,12-15,22,24,28H,4,9,11,16H2,1-3H3/t22-,24-/m0/s1. The fourth-order valence-electron chi connectivity index (χ4n) is 4.85. The first-order valence-electron chi connectivity index (χ1n) is 11.2. The molecule has 5 nitrogen and oxygen atoms in total. The van der Waals surface area contributed by atoms with Crippen molar-refractivity contribution >= 4 is 10.0 Å². The molecule has 0 radical (unpaired) electrons. The smallest absolute Gasteiger partial charge is 0.254 e. The number of sulfonamides is 1. The van der Waals surface area contributed by atoms with Gasteiger partial charge in [0.2, 0.25) is 10.0 Å². The number of benzene rings is 2. The van der Waals surface area contributed by atoms with Crippen molar-refractivity contribution in [2.45, 2.75) is 51.6 Å². The number of fused-ring (bicyclic) bond motifs is 1. The number of halogens is 1. The molecule has 0 saturated heterocycles. The zero-order valence-electron chi connectivity index (χ0n) is 19.1. The number of nitrogens with zero attached hydrogens (tertiary/aromatic N) is 1. The van der Waals surface area contributed by atoms with E-state index in [1.807, 2.05) is 56.4 Å². The fraction of sp³-hybridized carbons (Fsp3) is 0.346. The molecule has 1 aromatic heterocycles. The third kappa shape index (κ3) is 5.09. The maximum absolute atomic E-state index is 14.5. The molecule has 2 aromatic carbocycles. The molecule has 0 bridgehead atoms. The van der Waals surface area contributed by atoms with Crippen LogP contribution >= 0.6 is 0 Å². The molecule has 174 valence electrons. The second-order valence-electron chi connectivity index (χ2n) is 8.88. The highest BCUT2D eigenvalue weighted by atomic mass is 32.2. The number of pyridine rings is 1. The van der Waals surface area contributed by atoms with Crippen LogP contribution < -0.4 is 10.3 Å². The molecule has 0 aliphatic heterocycles. The summed E-state index contributed by atoms with van der Waals surface area (Å²) in [5.74, 6) is -0.601. The molecule has 1 heterocycles. The summed E-state index contributed by atoms with van der Waals surface area (Å²) in [5.41, 5.74) is 4.77. The van der Waals surface area contributed by atoms with E-state index < -0.39 is 10.0 Å². The fourth-order valence-corrected chi connectivity index (χ4v) is 5.68. The highest BCUT2D eigenvalue weighted by Gasteiger charge is 2.34. The van der Waals surface area contributed by atoms with E-state index in [1.54, 1.807) is 10.6 Å². The van der Waals surface area contributed by atoms with Crippen LogP contribution in [0.5, 0.6) is 0 Å². The molecule has 2 atom stereocenters. The van der Waals surface area contributed by atoms with Crippen molar-refractivity contribution in [3.05, 3.63) is 93.2 Å². The van der Waals surface area contributed by atoms with Crippen LogP contribution in [0.3, 0.4) is 0 Å². The SMILES string of the molecule is CCn1ccc2c(c1=O)[C@@H](Cc1cccc(-c3cc(C)ccc3F)c1)[C@@H](NS(C)(=O)=O)CC2. The second kappa shape index (κ2) is 9.23. The molecule has 33 heavy (non-hydrogen) atoms. The molecule has 1 aliphatic carbocycles. The zero-order valence-corrected chi connectivity index (χ0v) is 20.0. The second-order valence-corrected chi connectivity index (χ2v) is 10.7. The van der Waals surface area contributed by atoms with Crippen molar-refractivity contribution < 1.29 is 12.8 Å². The topological polar surface area (TPSA) is 68.2 Å². The largest absolute Gasteiger partial charge is 0.316 e. The first kappa shape index (κ1) is 23.4. The van der Waals surface area contributed by atoms with Gasteiger partial charge in [-0.15, -0.1) is 0 Å². The maximum atomic E-state index is 14.5. The molecule has 0 amide bonds. The average molecular weight is 469 g/mol. The summed E-state index contributed by atoms with van der Waals surface area (Å²) < 4.78 is 43.1. The van der Waals surface area contributed by atoms with Gasteiger partial charge >= 0.3 is 0 Å². The highest BCUT2D eigenvalue weighted by molar-refractivity contribution is 7.88. The van der Waals surface area contributed by atoms with Gasteiger partial charge in [0.25, 0.3) is 5.56 Å². The Kier molecular flexibility index (Phi) is 6.54. The number of aryl methyl sites for hydroxylation is 3. The molecular formula is C26H29FN2O3S. The van der Waals surface area contributed by atoms with Crippen LogP contribution in [0.25, 0.3) is 11.1 Å². The maximum Gasteiger partial charge on any atom is 0.254 e. The van der Waals surface area contributed by atoms with Crippen molar-refractivity contribution in [2.75, 3.05) is 6.26 Å². The van der Waals surface area contributed by atoms with Gasteiger partial charge in [0.1, 0.15) is 5.82 Å². The summed E-state index contributed by atoms with van der Waals surface area (Å²) in [5, 5.41) is 0. The van der Waals surface area contributed by atoms with Gasteiger partial charge in [-0.1, -0.05) is 35.9 Å². The summed E-state index contributed by atoms with van der Waals surface area (Å²) in [6.45, 7) is 4.38. The molecule has 0 fully saturated rings. The molecule has 1 aliphatic rings. The average Bonchev–Trinajstić information content (AvgIpc) is 2.76. The monoisotopic (exact) mass is 468 g/mol. The lowest BCUT2D eigenvalue weighted by Crippen LogP contribution is -2.45. The minimum absolute atomic E-state index is 0.0686. The van der Waals surface area contributed by atoms with Crippen LogP contribution in [0.1, 0.15) is 41.5 Å². The summed E-state index contributed by atoms with van der Waals surface area (Å²) in [4.78, 5) is 13.3. The van der Waals surface area contributed by atoms with Crippen LogP contribution in [0.2, 0.25) is 0 Å². The quantitative estimate of drug-likeness (QED) is 0.590. The number of rotatable bonds is 6. The minimum Gasteiger partial charge on any atom is -0.316 e. The van der Waals surface area contributed by atoms with Crippen molar-refractivity contribution in [2.24, 2.45) is 0 Å². The van der Waals surface area contributed by atoms with Crippen LogP contribution in [-0.2, 0) is 29.4 Å². The number of aromatic nitrogens is 1. The molecular weight excluding hydrogens is 439 g/mol. The Balaban J connectivity index is 1.78. The third-order valence-electron chi connectivity index (χ3n) is 6.40. The summed E-state index contributed by atoms with van der Waals surface area (Å²) in [7, 11) is -3.45. The number of nitrogens with one attached hydrogen (secondary N) is 1. The van der Waals surface area contributed by atoms with Gasteiger partial charge < -0.3 is 4.57 Å². The molecule has 0 spiro atoms. The first-order valence-corrected chi connectivity index (χ1v) is 13.1. The van der Waals surface area contributed by atoms with Crippen molar-refractivity contribution in [1.29, 1.82) is 0 Å². The predicted molar refractivity (Wildman–Crippen MR) is 129 cm³/mol. The van der Waals surface area contributed by atoms with Crippen LogP contribution in [0.4, 0.5) is 4.39 Å². The van der Waals surface area contributed by atoms with Gasteiger partial charge in [-0.3, -0.25) is 4.79 Å². The van der Waals surface area contributed by atoms with E-state index in [4.69, 9.17) is 0 Å². The van der Waals surface area contributed by atoms with Gasteiger partial charge in [0.05, 0.1) is 6.26 Å². The zero-order chi connectivity index (χ0) is 23.8. The van der Waals surface area contributed by atoms with E-state index in [0.717, 1.165) is 28.5 Å². The predicted octanol–water partition coefficient (Wildman–Crippen LogP) is 4.17. The third-order valence-corrected chi connectivity index (χ3v) is 7.13. The Bertz CT molecular complexity index is 1350. The van der Waals surface area contributed by atoms with Crippen molar-refractivity contribution in [3.8, 4) is 11.1 Å². The van der Waals surface area contributed by atoms with E-state index in [1.165, 1.54) is 6.07 Å². The van der Waals surface area contributed by atoms with E-state index >= 15 is 0 Å². The van der Waals surface area contributed by atoms with E-state index in [2.05, 4.69) is 4.72 Å². The molecule has 0 unspecified atom stereocenters. The molecule has 1 N–H and O–H groups in total. The number of hydrogen-bond acceptors (Lipinski definition) is 3. The lowest BCUT2D eigenvalue weighted by atomic mass is 9.77. The van der Waals surface area contributed by atoms with E-state index in [-0.39, 0.29) is 23.3 Å². The Morgan fingerprint density at radius 2 is 1.94 bits per heavy atom. The molecule has 3 aromatic rings. The number of hydrogen-bond donors (Lipinski definition) is 1. The summed E-state index contributed by atoms with van der Waals surface area (Å²) >= 11 is 0. The first-order chi connectivity index (χ1) is 15.7. The van der Waals surface area contributed by atoms with Crippen LogP contribution in [0.15, 0.2) is 59.5 Å². The Labute approximate surface area is 194 Å². The minimum atomic E-state index is -3.45. The van der Waals surface area contributed by atoms with E-state index in [0.29, 0.717) is 36.9 Å². The van der Waals surface area contributed by atoms with Gasteiger partial charge in [-0.2, -0.15) is 0 Å². The normalized spacial score (nSPS) is 18.2. The summed E-state index contributed by atoms with van der Waals surface area (Å²) in [6, 6.07) is 14.2. The van der Waals surface area contributed by atoms with Crippen molar-refractivity contribution in [3.63, 3.8) is 0 Å².